The van der Waals surface area contributed by atoms with Crippen molar-refractivity contribution in [1.82, 2.24) is 554 Å². The zero-order valence-corrected chi connectivity index (χ0v) is 67.5. The normalized spacial score (nSPS) is 0. The fraction of sp³-hybridized carbons (Fsp3) is 0. The van der Waals surface area contributed by atoms with Crippen LogP contribution in [0, 0.1) is 0 Å². The van der Waals surface area contributed by atoms with Gasteiger partial charge < -0.3 is 547 Å². The van der Waals surface area contributed by atoms with Gasteiger partial charge in [0.25, 0.3) is 0 Å². The third-order valence-corrected chi connectivity index (χ3v) is 0. The molecule has 0 aliphatic rings. The Labute approximate surface area is 608 Å². The monoisotopic (exact) mass is 1690 g/mol. The van der Waals surface area contributed by atoms with Crippen LogP contribution < -0.4 is 554 Å². The van der Waals surface area contributed by atoms with E-state index in [9.17, 15) is 0 Å². The highest BCUT2D eigenvalue weighted by atomic mass is 16.0. The molecule has 0 aromatic rings. The predicted molar refractivity (Wildman–Crippen MR) is 456 cm³/mol. The Morgan fingerprint density at radius 1 is 0.0300 bits per heavy atom. The molecule has 0 heterocycles. The average Bonchev–Trinajstić information content (AvgIpc) is 0. The van der Waals surface area contributed by atoms with Gasteiger partial charge >= 0.3 is 0 Å². The lowest BCUT2D eigenvalue weighted by Gasteiger charge is -0.345. The van der Waals surface area contributed by atoms with Gasteiger partial charge in [-0.25, -0.2) is 0 Å². The maximum absolute atomic E-state index is 0. The second-order valence-corrected chi connectivity index (χ2v) is 0. The van der Waals surface area contributed by atoms with Crippen molar-refractivity contribution in [1.29, 1.82) is 0 Å². The first-order valence-corrected chi connectivity index (χ1v) is 0. The van der Waals surface area contributed by atoms with Gasteiger partial charge in [-0.05, 0) is 0 Å². The summed E-state index contributed by atoms with van der Waals surface area (Å²) in [6.07, 6.45) is 0. The van der Waals surface area contributed by atoms with Crippen LogP contribution in [0.25, 0.3) is 0 Å². The second kappa shape index (κ2) is 52500. The molecule has 0 fully saturated rings. The maximum atomic E-state index is 0. The van der Waals surface area contributed by atoms with Crippen LogP contribution in [-0.2, 0) is 54.8 Å². The van der Waals surface area contributed by atoms with Gasteiger partial charge in [-0.15, -0.1) is 0 Å². The molecule has 100 heteroatoms. The van der Waals surface area contributed by atoms with Gasteiger partial charge in [0.05, 0.1) is 0 Å². The number of rotatable bonds is 0. The van der Waals surface area contributed by atoms with Crippen molar-refractivity contribution in [2.24, 2.45) is 0 Å². The molecule has 0 atom stereocenters. The van der Waals surface area contributed by atoms with Gasteiger partial charge in [-0.2, -0.15) is 0 Å². The van der Waals surface area contributed by atoms with E-state index in [0.717, 1.165) is 0 Å². The molecular weight excluding hydrogens is 1420 g/mol. The molecule has 100 nitrogen and oxygen atoms in total. The first-order valence-electron chi connectivity index (χ1n) is 0. The van der Waals surface area contributed by atoms with Crippen LogP contribution in [0.1, 0.15) is 0 Å². The van der Waals surface area contributed by atoms with Crippen LogP contribution in [0.4, 0.5) is 0 Å². The minimum absolute atomic E-state index is 0. The van der Waals surface area contributed by atoms with Crippen LogP contribution in [0.3, 0.4) is 0 Å². The molecule has 0 aromatic carbocycles. The van der Waals surface area contributed by atoms with E-state index < -0.39 is 0 Å². The molecule has 23 radical (unpaired) electrons. The van der Waals surface area contributed by atoms with Crippen molar-refractivity contribution in [3.05, 3.63) is 0 Å². The van der Waals surface area contributed by atoms with Crippen LogP contribution in [0.2, 0.25) is 0 Å². The van der Waals surface area contributed by atoms with Gasteiger partial charge in [0.2, 0.25) is 0 Å². The molecule has 777 valence electrons. The van der Waals surface area contributed by atoms with Gasteiger partial charge in [0, 0.05) is 60.9 Å². The van der Waals surface area contributed by atoms with Crippen LogP contribution in [-0.4, -0.2) is 0 Å². The Balaban J connectivity index is 0. The summed E-state index contributed by atoms with van der Waals surface area (Å²) in [4.78, 5) is 0. The van der Waals surface area contributed by atoms with Gasteiger partial charge in [-0.3, -0.25) is 0 Å². The SMILES string of the molecule is N.N.N.N.N.N.N.N.N.N.N.N.N.N.N.N.N.N.N.N.N.N.N.N.N.N.N.N.N.N.N.N.N.N.N.N.N.N.N.N.N.N.N.N.N.N.N.N.N.N.N.N.N.N.N.N.N.N.N.N.N.N.N.N.N.N.N.N.N.N.N.N.N.N.N.N.N.N.N.N.N.N.N.N.N.N.N.N.N.[N].[O].[O].[O].[O].[O].[O].[O].[O].[O].[O]. The lowest BCUT2D eigenvalue weighted by Crippen LogP contribution is -0.482. The zero-order valence-electron chi connectivity index (χ0n) is 67.5. The number of hydrogen-bond donors (Lipinski definition) is 89. The molecular formula is H267N90O10. The van der Waals surface area contributed by atoms with Gasteiger partial charge in [-0.1, -0.05) is 0 Å². The summed E-state index contributed by atoms with van der Waals surface area (Å²) >= 11 is 0. The summed E-state index contributed by atoms with van der Waals surface area (Å²) in [5.41, 5.74) is 0. The molecule has 0 spiro atoms. The summed E-state index contributed by atoms with van der Waals surface area (Å²) in [6.45, 7) is 0. The molecule has 0 saturated heterocycles. The topological polar surface area (TPSA) is 3430 Å². The van der Waals surface area contributed by atoms with Crippen molar-refractivity contribution >= 4 is 0 Å². The van der Waals surface area contributed by atoms with E-state index in [2.05, 4.69) is 0 Å². The molecule has 100 heavy (non-hydrogen) atoms. The minimum Gasteiger partial charge on any atom is -0.344 e. The van der Waals surface area contributed by atoms with E-state index >= 15 is 0 Å². The molecule has 0 saturated carbocycles. The maximum Gasteiger partial charge on any atom is 0 e. The summed E-state index contributed by atoms with van der Waals surface area (Å²) in [6, 6.07) is 0. The van der Waals surface area contributed by atoms with Gasteiger partial charge in [0.1, 0.15) is 0 Å². The Morgan fingerprint density at radius 2 is 0.0300 bits per heavy atom. The molecule has 0 aliphatic heterocycles. The summed E-state index contributed by atoms with van der Waals surface area (Å²) in [7, 11) is 0. The fourth-order valence-electron chi connectivity index (χ4n) is 0. The van der Waals surface area contributed by atoms with E-state index in [1.165, 1.54) is 0 Å². The van der Waals surface area contributed by atoms with Crippen LogP contribution in [0.5, 0.6) is 0 Å². The molecule has 0 aromatic heterocycles. The molecule has 267 N–H and O–H groups in total. The molecule has 0 rings (SSSR count). The Hall–Kier alpha value is -4.00. The van der Waals surface area contributed by atoms with Crippen molar-refractivity contribution in [3.63, 3.8) is 0 Å². The molecule has 0 bridgehead atoms. The van der Waals surface area contributed by atoms with Crippen LogP contribution >= 0.6 is 0 Å². The highest BCUT2D eigenvalue weighted by Crippen LogP contribution is -0.107. The highest BCUT2D eigenvalue weighted by molar-refractivity contribution is 2.22. The summed E-state index contributed by atoms with van der Waals surface area (Å²) < 4.78 is 0. The smallest absolute Gasteiger partial charge is 0 e. The zero-order chi connectivity index (χ0) is 0. The standard InChI is InChI=1S/89H3N.N.10O/h89*1H3;;;;;;;;;;;. The van der Waals surface area contributed by atoms with Gasteiger partial charge in [0.15, 0.2) is 0 Å². The quantitative estimate of drug-likeness (QED) is 0.107. The number of hydrogen-bond acceptors (Lipinski definition) is 89. The average molecular weight is 1690 g/mol. The van der Waals surface area contributed by atoms with E-state index in [0.29, 0.717) is 0 Å². The molecule has 0 amide bonds. The van der Waals surface area contributed by atoms with Crippen LogP contribution in [0.15, 0.2) is 0 Å². The first kappa shape index (κ1) is 54100. The lowest BCUT2D eigenvalue weighted by molar-refractivity contribution is 0.685. The Kier molecular flexibility index (Phi) is 28400000. The van der Waals surface area contributed by atoms with Crippen molar-refractivity contribution in [2.45, 2.75) is 0 Å². The highest BCUT2D eigenvalue weighted by Gasteiger charge is 0.0136. The molecule has 0 unspecified atom stereocenters. The molecule has 0 aliphatic carbocycles. The minimum atomic E-state index is 0. The van der Waals surface area contributed by atoms with E-state index in [4.69, 9.17) is 0 Å². The third kappa shape index (κ3) is 50800. The Bertz CT molecular complexity index is 46.9. The predicted octanol–water partition coefficient (Wildman–Crippen LogP) is 12.7. The summed E-state index contributed by atoms with van der Waals surface area (Å²) in [5, 5.41) is 0. The largest absolute Gasteiger partial charge is 0.344 e. The van der Waals surface area contributed by atoms with Crippen molar-refractivity contribution in [3.8, 4) is 0 Å². The number of nitrogens with zero attached hydrogens (tertiary/aromatic N) is 1. The van der Waals surface area contributed by atoms with Crippen molar-refractivity contribution in [2.75, 3.05) is 0 Å². The summed E-state index contributed by atoms with van der Waals surface area (Å²) in [5.74, 6) is 0. The Morgan fingerprint density at radius 3 is 0.0300 bits per heavy atom. The fourth-order valence-corrected chi connectivity index (χ4v) is 0. The van der Waals surface area contributed by atoms with E-state index in [-0.39, 0.29) is 608 Å². The lowest BCUT2D eigenvalue weighted by atomic mass is 14.0. The van der Waals surface area contributed by atoms with E-state index in [1.807, 2.05) is 0 Å². The second-order valence-electron chi connectivity index (χ2n) is 0. The van der Waals surface area contributed by atoms with E-state index in [1.54, 1.807) is 0 Å². The van der Waals surface area contributed by atoms with Crippen molar-refractivity contribution < 1.29 is 54.8 Å². The third-order valence-electron chi connectivity index (χ3n) is 0. The first-order chi connectivity index (χ1) is 0.